The monoisotopic (exact) mass is 408 g/mol. The topological polar surface area (TPSA) is 118 Å². The first-order valence-electron chi connectivity index (χ1n) is 8.67. The van der Waals surface area contributed by atoms with E-state index in [1.165, 1.54) is 40.3 Å². The maximum Gasteiger partial charge on any atom is 0.280 e. The van der Waals surface area contributed by atoms with Crippen molar-refractivity contribution in [1.82, 2.24) is 14.8 Å². The Morgan fingerprint density at radius 1 is 1.24 bits per heavy atom. The number of benzene rings is 2. The Morgan fingerprint density at radius 2 is 1.97 bits per heavy atom. The zero-order chi connectivity index (χ0) is 20.5. The van der Waals surface area contributed by atoms with E-state index in [4.69, 9.17) is 0 Å². The SMILES string of the molecule is C/C(=N\Nc1nc2ccccc2s1)c1c(C)[nH]n(-c2ccc([N+](=O)[O-])cc2)c1=O. The lowest BCUT2D eigenvalue weighted by atomic mass is 10.2. The molecule has 2 aromatic heterocycles. The molecule has 0 aliphatic heterocycles. The number of fused-ring (bicyclic) bond motifs is 1. The van der Waals surface area contributed by atoms with E-state index in [2.05, 4.69) is 20.6 Å². The number of rotatable bonds is 5. The van der Waals surface area contributed by atoms with Gasteiger partial charge in [-0.25, -0.2) is 9.67 Å². The molecule has 0 fully saturated rings. The summed E-state index contributed by atoms with van der Waals surface area (Å²) in [6.45, 7) is 3.51. The van der Waals surface area contributed by atoms with Gasteiger partial charge in [0.05, 0.1) is 32.1 Å². The first-order chi connectivity index (χ1) is 13.9. The number of anilines is 1. The predicted molar refractivity (Wildman–Crippen MR) is 113 cm³/mol. The van der Waals surface area contributed by atoms with E-state index in [0.29, 0.717) is 27.8 Å². The second kappa shape index (κ2) is 7.32. The summed E-state index contributed by atoms with van der Waals surface area (Å²) in [6, 6.07) is 13.5. The van der Waals surface area contributed by atoms with Crippen molar-refractivity contribution < 1.29 is 4.92 Å². The number of aromatic nitrogens is 3. The molecule has 0 atom stereocenters. The van der Waals surface area contributed by atoms with E-state index < -0.39 is 4.92 Å². The van der Waals surface area contributed by atoms with Gasteiger partial charge in [0.25, 0.3) is 11.2 Å². The minimum Gasteiger partial charge on any atom is -0.295 e. The normalized spacial score (nSPS) is 11.7. The number of non-ortho nitro benzene ring substituents is 1. The Hall–Kier alpha value is -3.79. The summed E-state index contributed by atoms with van der Waals surface area (Å²) in [4.78, 5) is 27.7. The molecule has 146 valence electrons. The number of aromatic amines is 1. The number of para-hydroxylation sites is 1. The van der Waals surface area contributed by atoms with Gasteiger partial charge in [0.1, 0.15) is 0 Å². The average molecular weight is 408 g/mol. The third-order valence-corrected chi connectivity index (χ3v) is 5.31. The number of hydrogen-bond donors (Lipinski definition) is 2. The highest BCUT2D eigenvalue weighted by Gasteiger charge is 2.16. The number of thiazole rings is 1. The molecule has 0 saturated carbocycles. The Bertz CT molecular complexity index is 1270. The van der Waals surface area contributed by atoms with Crippen molar-refractivity contribution >= 4 is 38.1 Å². The summed E-state index contributed by atoms with van der Waals surface area (Å²) in [6.07, 6.45) is 0. The van der Waals surface area contributed by atoms with Crippen molar-refractivity contribution in [2.24, 2.45) is 5.10 Å². The van der Waals surface area contributed by atoms with Crippen LogP contribution in [0.25, 0.3) is 15.9 Å². The second-order valence-electron chi connectivity index (χ2n) is 6.32. The zero-order valence-electron chi connectivity index (χ0n) is 15.5. The quantitative estimate of drug-likeness (QED) is 0.296. The molecule has 0 saturated heterocycles. The number of aryl methyl sites for hydroxylation is 1. The van der Waals surface area contributed by atoms with Gasteiger partial charge in [0.2, 0.25) is 5.13 Å². The van der Waals surface area contributed by atoms with Crippen molar-refractivity contribution in [2.45, 2.75) is 13.8 Å². The highest BCUT2D eigenvalue weighted by Crippen LogP contribution is 2.25. The van der Waals surface area contributed by atoms with E-state index in [-0.39, 0.29) is 11.2 Å². The average Bonchev–Trinajstić information content (AvgIpc) is 3.26. The number of hydrazone groups is 1. The molecule has 2 heterocycles. The molecule has 10 heteroatoms. The van der Waals surface area contributed by atoms with Crippen molar-refractivity contribution in [2.75, 3.05) is 5.43 Å². The molecule has 0 spiro atoms. The standard InChI is InChI=1S/C19H16N6O3S/c1-11(21-22-19-20-15-5-3-4-6-16(15)29-19)17-12(2)23-24(18(17)26)13-7-9-14(10-8-13)25(27)28/h3-10,23H,1-2H3,(H,20,22)/b21-11+. The molecule has 4 aromatic rings. The maximum absolute atomic E-state index is 12.9. The molecule has 0 aliphatic rings. The van der Waals surface area contributed by atoms with Gasteiger partial charge in [0, 0.05) is 17.8 Å². The van der Waals surface area contributed by atoms with Gasteiger partial charge in [-0.05, 0) is 38.1 Å². The van der Waals surface area contributed by atoms with Gasteiger partial charge >= 0.3 is 0 Å². The summed E-state index contributed by atoms with van der Waals surface area (Å²) in [5, 5.41) is 18.8. The highest BCUT2D eigenvalue weighted by atomic mass is 32.1. The van der Waals surface area contributed by atoms with Gasteiger partial charge in [-0.1, -0.05) is 23.5 Å². The van der Waals surface area contributed by atoms with Gasteiger partial charge in [-0.2, -0.15) is 5.10 Å². The summed E-state index contributed by atoms with van der Waals surface area (Å²) in [5.74, 6) is 0. The Kier molecular flexibility index (Phi) is 4.69. The van der Waals surface area contributed by atoms with E-state index in [1.807, 2.05) is 24.3 Å². The molecule has 0 radical (unpaired) electrons. The fourth-order valence-corrected chi connectivity index (χ4v) is 3.79. The summed E-state index contributed by atoms with van der Waals surface area (Å²) in [7, 11) is 0. The molecule has 0 aliphatic carbocycles. The van der Waals surface area contributed by atoms with Crippen LogP contribution in [-0.2, 0) is 0 Å². The lowest BCUT2D eigenvalue weighted by Gasteiger charge is -2.00. The maximum atomic E-state index is 12.9. The van der Waals surface area contributed by atoms with Crippen LogP contribution in [-0.4, -0.2) is 25.4 Å². The first-order valence-corrected chi connectivity index (χ1v) is 9.48. The summed E-state index contributed by atoms with van der Waals surface area (Å²) < 4.78 is 2.38. The number of nitro benzene ring substituents is 1. The molecule has 0 unspecified atom stereocenters. The van der Waals surface area contributed by atoms with Crippen LogP contribution in [0, 0.1) is 17.0 Å². The molecular weight excluding hydrogens is 392 g/mol. The van der Waals surface area contributed by atoms with E-state index in [0.717, 1.165) is 10.2 Å². The van der Waals surface area contributed by atoms with Crippen LogP contribution in [0.5, 0.6) is 0 Å². The molecule has 9 nitrogen and oxygen atoms in total. The third-order valence-electron chi connectivity index (χ3n) is 4.37. The van der Waals surface area contributed by atoms with Crippen molar-refractivity contribution in [3.8, 4) is 5.69 Å². The van der Waals surface area contributed by atoms with Crippen molar-refractivity contribution in [1.29, 1.82) is 0 Å². The minimum atomic E-state index is -0.484. The molecule has 2 aromatic carbocycles. The number of nitro groups is 1. The van der Waals surface area contributed by atoms with Crippen LogP contribution < -0.4 is 11.0 Å². The number of nitrogens with one attached hydrogen (secondary N) is 2. The van der Waals surface area contributed by atoms with Gasteiger partial charge in [-0.15, -0.1) is 0 Å². The van der Waals surface area contributed by atoms with E-state index in [1.54, 1.807) is 13.8 Å². The zero-order valence-corrected chi connectivity index (χ0v) is 16.4. The molecule has 29 heavy (non-hydrogen) atoms. The molecule has 0 amide bonds. The van der Waals surface area contributed by atoms with Crippen LogP contribution >= 0.6 is 11.3 Å². The van der Waals surface area contributed by atoms with Crippen molar-refractivity contribution in [3.63, 3.8) is 0 Å². The lowest BCUT2D eigenvalue weighted by molar-refractivity contribution is -0.384. The first kappa shape index (κ1) is 18.6. The van der Waals surface area contributed by atoms with Crippen LogP contribution in [0.3, 0.4) is 0 Å². The van der Waals surface area contributed by atoms with Gasteiger partial charge in [0.15, 0.2) is 0 Å². The predicted octanol–water partition coefficient (Wildman–Crippen LogP) is 3.83. The Morgan fingerprint density at radius 3 is 2.66 bits per heavy atom. The molecular formula is C19H16N6O3S. The smallest absolute Gasteiger partial charge is 0.280 e. The molecule has 4 rings (SSSR count). The highest BCUT2D eigenvalue weighted by molar-refractivity contribution is 7.22. The van der Waals surface area contributed by atoms with Gasteiger partial charge < -0.3 is 0 Å². The Labute approximate surface area is 168 Å². The van der Waals surface area contributed by atoms with E-state index >= 15 is 0 Å². The van der Waals surface area contributed by atoms with Crippen LogP contribution in [0.1, 0.15) is 18.2 Å². The fourth-order valence-electron chi connectivity index (χ4n) is 2.99. The second-order valence-corrected chi connectivity index (χ2v) is 7.35. The van der Waals surface area contributed by atoms with E-state index in [9.17, 15) is 14.9 Å². The van der Waals surface area contributed by atoms with Crippen LogP contribution in [0.15, 0.2) is 58.4 Å². The van der Waals surface area contributed by atoms with Crippen LogP contribution in [0.4, 0.5) is 10.8 Å². The third kappa shape index (κ3) is 3.52. The lowest BCUT2D eigenvalue weighted by Crippen LogP contribution is -2.20. The minimum absolute atomic E-state index is 0.0388. The molecule has 2 N–H and O–H groups in total. The number of nitrogens with zero attached hydrogens (tertiary/aromatic N) is 4. The fraction of sp³-hybridized carbons (Fsp3) is 0.105. The van der Waals surface area contributed by atoms with Crippen molar-refractivity contribution in [3.05, 3.63) is 80.3 Å². The number of hydrogen-bond acceptors (Lipinski definition) is 7. The number of H-pyrrole nitrogens is 1. The Balaban J connectivity index is 1.63. The van der Waals surface area contributed by atoms with Gasteiger partial charge in [-0.3, -0.25) is 25.4 Å². The summed E-state index contributed by atoms with van der Waals surface area (Å²) in [5.41, 5.74) is 5.54. The summed E-state index contributed by atoms with van der Waals surface area (Å²) >= 11 is 1.47. The molecule has 0 bridgehead atoms. The van der Waals surface area contributed by atoms with Crippen LogP contribution in [0.2, 0.25) is 0 Å². The largest absolute Gasteiger partial charge is 0.295 e.